The van der Waals surface area contributed by atoms with E-state index in [1.807, 2.05) is 24.3 Å². The predicted molar refractivity (Wildman–Crippen MR) is 285 cm³/mol. The van der Waals surface area contributed by atoms with Gasteiger partial charge in [0.2, 0.25) is 11.8 Å². The lowest BCUT2D eigenvalue weighted by Crippen LogP contribution is -2.53. The fourth-order valence-corrected chi connectivity index (χ4v) is 13.9. The van der Waals surface area contributed by atoms with Crippen LogP contribution in [0.5, 0.6) is 11.8 Å². The smallest absolute Gasteiger partial charge is 0.319 e. The second-order valence-corrected chi connectivity index (χ2v) is 23.2. The van der Waals surface area contributed by atoms with Gasteiger partial charge < -0.3 is 39.7 Å². The highest BCUT2D eigenvalue weighted by Gasteiger charge is 2.46. The Morgan fingerprint density at radius 1 is 0.827 bits per heavy atom. The third kappa shape index (κ3) is 9.56. The molecule has 6 saturated heterocycles. The second kappa shape index (κ2) is 19.8. The van der Waals surface area contributed by atoms with Gasteiger partial charge in [-0.15, -0.1) is 0 Å². The number of benzene rings is 3. The number of rotatable bonds is 13. The number of amides is 3. The maximum absolute atomic E-state index is 17.2. The Balaban J connectivity index is 0.599. The summed E-state index contributed by atoms with van der Waals surface area (Å²) in [5.41, 5.74) is 4.76. The van der Waals surface area contributed by atoms with Crippen molar-refractivity contribution < 1.29 is 28.6 Å². The standard InChI is InChI=1S/C58H70FN11O5/c1-2-37-4-3-5-38-27-44(71)28-46(50(37)38)52-51(59)53-47(29-60-52)54(69-32-40-6-7-41(33-69)61-40)64-57(63-53)75-35-58(16-17-58)34-66-18-12-36(13-19-66)30-65-20-14-42(15-21-65)67-22-24-68(25-23-67)43-8-9-45-39(26-43)31-70(56(45)74)48-10-11-49(72)62-55(48)73/h3-5,8-9,26-29,36,40-42,48,61,71H,2,6-7,10-25,30-35H2,1H3,(H,62,72,73)/t40?,41?,48-/m0/s1. The summed E-state index contributed by atoms with van der Waals surface area (Å²) in [6.45, 7) is 15.1. The number of carbonyl (C=O) groups is 3. The van der Waals surface area contributed by atoms with Crippen molar-refractivity contribution in [3.05, 3.63) is 77.2 Å². The summed E-state index contributed by atoms with van der Waals surface area (Å²) in [7, 11) is 0. The van der Waals surface area contributed by atoms with E-state index in [4.69, 9.17) is 19.7 Å². The van der Waals surface area contributed by atoms with Crippen molar-refractivity contribution in [2.24, 2.45) is 11.3 Å². The topological polar surface area (TPSA) is 163 Å². The Kier molecular flexibility index (Phi) is 12.9. The molecular weight excluding hydrogens is 950 g/mol. The number of aryl methyl sites for hydroxylation is 1. The number of piperidine rings is 3. The molecule has 3 amide bonds. The van der Waals surface area contributed by atoms with Crippen LogP contribution in [0.15, 0.2) is 54.7 Å². The molecule has 1 aliphatic carbocycles. The van der Waals surface area contributed by atoms with Crippen LogP contribution < -0.4 is 25.2 Å². The molecule has 13 rings (SSSR count). The van der Waals surface area contributed by atoms with Gasteiger partial charge in [0.1, 0.15) is 28.8 Å². The van der Waals surface area contributed by atoms with E-state index in [2.05, 4.69) is 54.2 Å². The number of hydrogen-bond donors (Lipinski definition) is 3. The van der Waals surface area contributed by atoms with Crippen LogP contribution in [0.25, 0.3) is 32.9 Å². The van der Waals surface area contributed by atoms with Crippen LogP contribution in [0.2, 0.25) is 0 Å². The third-order valence-corrected chi connectivity index (χ3v) is 18.4. The van der Waals surface area contributed by atoms with E-state index in [-0.39, 0.29) is 52.5 Å². The van der Waals surface area contributed by atoms with Gasteiger partial charge in [-0.3, -0.25) is 29.6 Å². The van der Waals surface area contributed by atoms with Crippen molar-refractivity contribution in [2.75, 3.05) is 94.9 Å². The zero-order valence-electron chi connectivity index (χ0n) is 43.2. The molecule has 0 radical (unpaired) electrons. The third-order valence-electron chi connectivity index (χ3n) is 18.4. The molecule has 7 fully saturated rings. The van der Waals surface area contributed by atoms with E-state index in [1.165, 1.54) is 32.2 Å². The van der Waals surface area contributed by atoms with E-state index < -0.39 is 11.9 Å². The molecule has 2 aromatic heterocycles. The average Bonchev–Trinajstić information content (AvgIpc) is 4.02. The second-order valence-electron chi connectivity index (χ2n) is 23.2. The molecule has 0 spiro atoms. The fraction of sp³-hybridized carbons (Fsp3) is 0.552. The first-order valence-corrected chi connectivity index (χ1v) is 28.0. The zero-order valence-corrected chi connectivity index (χ0v) is 43.2. The number of pyridine rings is 1. The monoisotopic (exact) mass is 1020 g/mol. The minimum atomic E-state index is -0.597. The summed E-state index contributed by atoms with van der Waals surface area (Å²) in [6, 6.07) is 16.3. The highest BCUT2D eigenvalue weighted by atomic mass is 19.1. The molecule has 16 nitrogen and oxygen atoms in total. The van der Waals surface area contributed by atoms with Crippen molar-refractivity contribution >= 4 is 50.9 Å². The lowest BCUT2D eigenvalue weighted by Gasteiger charge is -2.44. The first-order chi connectivity index (χ1) is 36.5. The van der Waals surface area contributed by atoms with Gasteiger partial charge in [-0.1, -0.05) is 25.1 Å². The lowest BCUT2D eigenvalue weighted by atomic mass is 9.93. The minimum Gasteiger partial charge on any atom is -0.508 e. The molecule has 17 heteroatoms. The number of phenolic OH excluding ortho intramolecular Hbond substituents is 1. The number of piperazine rings is 2. The minimum absolute atomic E-state index is 0.0364. The van der Waals surface area contributed by atoms with E-state index in [0.717, 1.165) is 132 Å². The lowest BCUT2D eigenvalue weighted by molar-refractivity contribution is -0.136. The van der Waals surface area contributed by atoms with Crippen molar-refractivity contribution in [3.8, 4) is 23.0 Å². The molecule has 3 atom stereocenters. The normalized spacial score (nSPS) is 24.9. The summed E-state index contributed by atoms with van der Waals surface area (Å²) in [5.74, 6) is 0.143. The van der Waals surface area contributed by atoms with Gasteiger partial charge in [0.05, 0.1) is 12.0 Å². The van der Waals surface area contributed by atoms with Crippen LogP contribution in [0.4, 0.5) is 15.9 Å². The van der Waals surface area contributed by atoms with Crippen LogP contribution in [0.3, 0.4) is 0 Å². The van der Waals surface area contributed by atoms with Gasteiger partial charge in [0, 0.05) is 112 Å². The highest BCUT2D eigenvalue weighted by molar-refractivity contribution is 6.06. The number of halogens is 1. The largest absolute Gasteiger partial charge is 0.508 e. The molecule has 8 aliphatic rings. The number of likely N-dealkylation sites (tertiary alicyclic amines) is 2. The number of nitrogens with zero attached hydrogens (tertiary/aromatic N) is 9. The molecule has 75 heavy (non-hydrogen) atoms. The molecule has 5 aromatic rings. The molecule has 9 heterocycles. The van der Waals surface area contributed by atoms with Crippen molar-refractivity contribution in [2.45, 2.75) is 108 Å². The number of anilines is 2. The quantitative estimate of drug-likeness (QED) is 0.116. The van der Waals surface area contributed by atoms with Crippen molar-refractivity contribution in [1.82, 2.24) is 45.2 Å². The fourth-order valence-electron chi connectivity index (χ4n) is 13.9. The average molecular weight is 1020 g/mol. The van der Waals surface area contributed by atoms with Crippen molar-refractivity contribution in [1.29, 1.82) is 0 Å². The molecule has 1 saturated carbocycles. The Bertz CT molecular complexity index is 3030. The number of aromatic hydroxyl groups is 1. The predicted octanol–water partition coefficient (Wildman–Crippen LogP) is 6.11. The van der Waals surface area contributed by atoms with Gasteiger partial charge in [-0.2, -0.15) is 9.97 Å². The van der Waals surface area contributed by atoms with Gasteiger partial charge in [0.25, 0.3) is 5.91 Å². The molecule has 394 valence electrons. The number of phenols is 1. The Morgan fingerprint density at radius 2 is 1.60 bits per heavy atom. The number of carbonyl (C=O) groups excluding carboxylic acids is 3. The Labute approximate surface area is 438 Å². The molecule has 2 unspecified atom stereocenters. The first-order valence-electron chi connectivity index (χ1n) is 28.0. The summed E-state index contributed by atoms with van der Waals surface area (Å²) < 4.78 is 23.8. The van der Waals surface area contributed by atoms with Gasteiger partial charge in [-0.05, 0) is 149 Å². The SMILES string of the molecule is CCc1cccc2cc(O)cc(-c3ncc4c(N5CC6CCC(C5)N6)nc(OCC5(CN6CCC(CN7CCC(N8CCN(c9ccc%10c(c9)CN([C@H]9CCC(=O)NC9=O)C%10=O)CC8)CC7)CC6)CC5)nc4c3F)c12. The van der Waals surface area contributed by atoms with E-state index in [1.54, 1.807) is 23.2 Å². The van der Waals surface area contributed by atoms with Gasteiger partial charge in [0.15, 0.2) is 5.82 Å². The first kappa shape index (κ1) is 48.6. The van der Waals surface area contributed by atoms with Gasteiger partial charge >= 0.3 is 6.01 Å². The number of ether oxygens (including phenoxy) is 1. The summed E-state index contributed by atoms with van der Waals surface area (Å²) >= 11 is 0. The molecule has 3 N–H and O–H groups in total. The van der Waals surface area contributed by atoms with Crippen LogP contribution in [0, 0.1) is 17.2 Å². The van der Waals surface area contributed by atoms with E-state index >= 15 is 4.39 Å². The summed E-state index contributed by atoms with van der Waals surface area (Å²) in [6.07, 6.45) is 12.3. The summed E-state index contributed by atoms with van der Waals surface area (Å²) in [4.78, 5) is 66.5. The van der Waals surface area contributed by atoms with Crippen LogP contribution in [-0.2, 0) is 22.6 Å². The molecule has 2 bridgehead atoms. The molecular formula is C58H70FN11O5. The molecule has 3 aromatic carbocycles. The highest BCUT2D eigenvalue weighted by Crippen LogP contribution is 2.47. The van der Waals surface area contributed by atoms with Crippen LogP contribution in [-0.4, -0.2) is 167 Å². The zero-order chi connectivity index (χ0) is 51.0. The number of aromatic nitrogens is 3. The maximum atomic E-state index is 17.2. The molecule has 7 aliphatic heterocycles. The number of nitrogens with one attached hydrogen (secondary N) is 2. The summed E-state index contributed by atoms with van der Waals surface area (Å²) in [5, 5.41) is 19.2. The number of hydrogen-bond acceptors (Lipinski definition) is 14. The van der Waals surface area contributed by atoms with E-state index in [9.17, 15) is 19.5 Å². The number of fused-ring (bicyclic) bond motifs is 5. The Hall–Kier alpha value is -6.01. The van der Waals surface area contributed by atoms with Gasteiger partial charge in [-0.25, -0.2) is 4.39 Å². The number of imide groups is 1. The van der Waals surface area contributed by atoms with Crippen LogP contribution in [0.1, 0.15) is 92.6 Å². The Morgan fingerprint density at radius 3 is 2.35 bits per heavy atom. The maximum Gasteiger partial charge on any atom is 0.319 e. The van der Waals surface area contributed by atoms with Crippen LogP contribution >= 0.6 is 0 Å². The van der Waals surface area contributed by atoms with Crippen molar-refractivity contribution in [3.63, 3.8) is 0 Å². The van der Waals surface area contributed by atoms with E-state index in [0.29, 0.717) is 65.9 Å².